The first kappa shape index (κ1) is 12.5. The highest BCUT2D eigenvalue weighted by atomic mass is 35.5. The minimum absolute atomic E-state index is 0.0752. The van der Waals surface area contributed by atoms with Crippen LogP contribution in [-0.4, -0.2) is 27.8 Å². The van der Waals surface area contributed by atoms with E-state index in [9.17, 15) is 8.42 Å². The van der Waals surface area contributed by atoms with Crippen molar-refractivity contribution in [1.29, 1.82) is 0 Å². The summed E-state index contributed by atoms with van der Waals surface area (Å²) in [5.74, 6) is 0.234. The molecule has 0 amide bonds. The third-order valence-electron chi connectivity index (χ3n) is 1.96. The Bertz CT molecular complexity index is 400. The van der Waals surface area contributed by atoms with Gasteiger partial charge in [0, 0.05) is 11.6 Å². The molecule has 3 nitrogen and oxygen atoms in total. The molecule has 0 bridgehead atoms. The van der Waals surface area contributed by atoms with Crippen LogP contribution >= 0.6 is 11.6 Å². The Balaban J connectivity index is 2.65. The molecule has 0 spiro atoms. The molecule has 1 aromatic rings. The van der Waals surface area contributed by atoms with Gasteiger partial charge in [0.1, 0.15) is 0 Å². The van der Waals surface area contributed by atoms with E-state index in [0.717, 1.165) is 5.56 Å². The Labute approximate surface area is 95.4 Å². The molecule has 0 aliphatic heterocycles. The molecule has 1 N–H and O–H groups in total. The van der Waals surface area contributed by atoms with E-state index in [-0.39, 0.29) is 11.5 Å². The number of nitrogens with one attached hydrogen (secondary N) is 1. The molecule has 0 unspecified atom stereocenters. The predicted octanol–water partition coefficient (Wildman–Crippen LogP) is 1.47. The fourth-order valence-electron chi connectivity index (χ4n) is 1.16. The quantitative estimate of drug-likeness (QED) is 0.857. The van der Waals surface area contributed by atoms with Crippen LogP contribution in [-0.2, 0) is 15.6 Å². The maximum absolute atomic E-state index is 11.6. The molecule has 84 valence electrons. The van der Waals surface area contributed by atoms with Crippen LogP contribution in [0.4, 0.5) is 0 Å². The Morgan fingerprint density at radius 1 is 1.27 bits per heavy atom. The molecule has 0 radical (unpaired) electrons. The van der Waals surface area contributed by atoms with Crippen molar-refractivity contribution in [3.63, 3.8) is 0 Å². The average molecular weight is 248 g/mol. The summed E-state index contributed by atoms with van der Waals surface area (Å²) < 4.78 is 23.1. The third kappa shape index (κ3) is 4.64. The fraction of sp³-hybridized carbons (Fsp3) is 0.400. The highest BCUT2D eigenvalue weighted by Gasteiger charge is 2.10. The van der Waals surface area contributed by atoms with Crippen LogP contribution in [0.2, 0.25) is 5.02 Å². The lowest BCUT2D eigenvalue weighted by Gasteiger charge is -2.04. The van der Waals surface area contributed by atoms with Crippen molar-refractivity contribution in [2.24, 2.45) is 0 Å². The topological polar surface area (TPSA) is 46.2 Å². The first-order chi connectivity index (χ1) is 7.03. The molecule has 0 fully saturated rings. The van der Waals surface area contributed by atoms with Crippen molar-refractivity contribution in [3.05, 3.63) is 34.9 Å². The van der Waals surface area contributed by atoms with E-state index in [1.54, 1.807) is 31.3 Å². The van der Waals surface area contributed by atoms with Crippen molar-refractivity contribution in [3.8, 4) is 0 Å². The summed E-state index contributed by atoms with van der Waals surface area (Å²) in [7, 11) is -1.28. The van der Waals surface area contributed by atoms with E-state index in [0.29, 0.717) is 11.6 Å². The second-order valence-corrected chi connectivity index (χ2v) is 5.94. The number of halogens is 1. The molecule has 0 aromatic heterocycles. The molecule has 5 heteroatoms. The number of rotatable bonds is 5. The monoisotopic (exact) mass is 247 g/mol. The summed E-state index contributed by atoms with van der Waals surface area (Å²) in [4.78, 5) is 0. The largest absolute Gasteiger partial charge is 0.319 e. The predicted molar refractivity (Wildman–Crippen MR) is 62.9 cm³/mol. The van der Waals surface area contributed by atoms with Crippen molar-refractivity contribution < 1.29 is 8.42 Å². The number of hydrogen-bond donors (Lipinski definition) is 1. The van der Waals surface area contributed by atoms with Crippen molar-refractivity contribution >= 4 is 21.4 Å². The molecule has 1 aromatic carbocycles. The molecular weight excluding hydrogens is 234 g/mol. The Morgan fingerprint density at radius 3 is 2.40 bits per heavy atom. The summed E-state index contributed by atoms with van der Waals surface area (Å²) in [6, 6.07) is 6.87. The lowest BCUT2D eigenvalue weighted by Crippen LogP contribution is -2.20. The first-order valence-electron chi connectivity index (χ1n) is 4.63. The van der Waals surface area contributed by atoms with Crippen molar-refractivity contribution in [1.82, 2.24) is 5.32 Å². The second kappa shape index (κ2) is 5.49. The van der Waals surface area contributed by atoms with Gasteiger partial charge in [-0.25, -0.2) is 8.42 Å². The van der Waals surface area contributed by atoms with Crippen LogP contribution in [0.15, 0.2) is 24.3 Å². The van der Waals surface area contributed by atoms with Gasteiger partial charge >= 0.3 is 0 Å². The van der Waals surface area contributed by atoms with Gasteiger partial charge < -0.3 is 5.32 Å². The molecule has 0 saturated carbocycles. The van der Waals surface area contributed by atoms with Crippen LogP contribution in [0.5, 0.6) is 0 Å². The van der Waals surface area contributed by atoms with Gasteiger partial charge in [0.25, 0.3) is 0 Å². The van der Waals surface area contributed by atoms with Crippen molar-refractivity contribution in [2.75, 3.05) is 19.3 Å². The highest BCUT2D eigenvalue weighted by Crippen LogP contribution is 2.12. The minimum atomic E-state index is -3.02. The standard InChI is InChI=1S/C10H14ClNO2S/c1-12-6-7-15(13,14)8-9-2-4-10(11)5-3-9/h2-5,12H,6-8H2,1H3. The zero-order valence-corrected chi connectivity index (χ0v) is 10.1. The van der Waals surface area contributed by atoms with Gasteiger partial charge in [-0.3, -0.25) is 0 Å². The van der Waals surface area contributed by atoms with Gasteiger partial charge in [0.15, 0.2) is 9.84 Å². The molecule has 1 rings (SSSR count). The minimum Gasteiger partial charge on any atom is -0.319 e. The smallest absolute Gasteiger partial charge is 0.155 e. The molecule has 15 heavy (non-hydrogen) atoms. The highest BCUT2D eigenvalue weighted by molar-refractivity contribution is 7.90. The lowest BCUT2D eigenvalue weighted by molar-refractivity contribution is 0.593. The SMILES string of the molecule is CNCCS(=O)(=O)Cc1ccc(Cl)cc1. The van der Waals surface area contributed by atoms with Crippen LogP contribution in [0.1, 0.15) is 5.56 Å². The molecule has 0 aliphatic rings. The summed E-state index contributed by atoms with van der Waals surface area (Å²) in [6.45, 7) is 0.482. The third-order valence-corrected chi connectivity index (χ3v) is 3.81. The van der Waals surface area contributed by atoms with Gasteiger partial charge in [0.05, 0.1) is 11.5 Å². The summed E-state index contributed by atoms with van der Waals surface area (Å²) in [5, 5.41) is 3.44. The Morgan fingerprint density at radius 2 is 1.87 bits per heavy atom. The Kier molecular flexibility index (Phi) is 4.57. The molecular formula is C10H14ClNO2S. The van der Waals surface area contributed by atoms with Crippen LogP contribution in [0, 0.1) is 0 Å². The van der Waals surface area contributed by atoms with Crippen LogP contribution in [0.25, 0.3) is 0 Å². The molecule has 0 heterocycles. The van der Waals surface area contributed by atoms with E-state index >= 15 is 0 Å². The second-order valence-electron chi connectivity index (χ2n) is 3.32. The summed E-state index contributed by atoms with van der Waals surface area (Å²) in [5.41, 5.74) is 0.774. The summed E-state index contributed by atoms with van der Waals surface area (Å²) in [6.07, 6.45) is 0. The summed E-state index contributed by atoms with van der Waals surface area (Å²) >= 11 is 5.71. The van der Waals surface area contributed by atoms with Gasteiger partial charge in [-0.05, 0) is 24.7 Å². The Hall–Kier alpha value is -0.580. The zero-order chi connectivity index (χ0) is 11.3. The molecule has 0 saturated heterocycles. The van der Waals surface area contributed by atoms with Gasteiger partial charge in [-0.15, -0.1) is 0 Å². The van der Waals surface area contributed by atoms with E-state index in [4.69, 9.17) is 11.6 Å². The lowest BCUT2D eigenvalue weighted by atomic mass is 10.2. The normalized spacial score (nSPS) is 11.6. The van der Waals surface area contributed by atoms with E-state index in [2.05, 4.69) is 5.32 Å². The number of sulfone groups is 1. The van der Waals surface area contributed by atoms with Crippen LogP contribution < -0.4 is 5.32 Å². The maximum atomic E-state index is 11.6. The average Bonchev–Trinajstić information content (AvgIpc) is 2.18. The number of hydrogen-bond acceptors (Lipinski definition) is 3. The van der Waals surface area contributed by atoms with Crippen molar-refractivity contribution in [2.45, 2.75) is 5.75 Å². The number of benzene rings is 1. The maximum Gasteiger partial charge on any atom is 0.155 e. The van der Waals surface area contributed by atoms with E-state index < -0.39 is 9.84 Å². The fourth-order valence-corrected chi connectivity index (χ4v) is 2.65. The van der Waals surface area contributed by atoms with E-state index in [1.807, 2.05) is 0 Å². The van der Waals surface area contributed by atoms with Gasteiger partial charge in [-0.2, -0.15) is 0 Å². The van der Waals surface area contributed by atoms with Gasteiger partial charge in [0.2, 0.25) is 0 Å². The first-order valence-corrected chi connectivity index (χ1v) is 6.83. The molecule has 0 aliphatic carbocycles. The van der Waals surface area contributed by atoms with Crippen LogP contribution in [0.3, 0.4) is 0 Å². The zero-order valence-electron chi connectivity index (χ0n) is 8.53. The van der Waals surface area contributed by atoms with Gasteiger partial charge in [-0.1, -0.05) is 23.7 Å². The molecule has 0 atom stereocenters. The van der Waals surface area contributed by atoms with E-state index in [1.165, 1.54) is 0 Å².